The van der Waals surface area contributed by atoms with Gasteiger partial charge in [0.05, 0.1) is 60.4 Å². The lowest BCUT2D eigenvalue weighted by molar-refractivity contribution is 0.218. The van der Waals surface area contributed by atoms with E-state index in [1.807, 2.05) is 81.7 Å². The number of pyridine rings is 4. The fourth-order valence-electron chi connectivity index (χ4n) is 7.76. The Morgan fingerprint density at radius 3 is 2.62 bits per heavy atom. The van der Waals surface area contributed by atoms with Crippen molar-refractivity contribution in [1.29, 1.82) is 0 Å². The molecule has 2 aliphatic rings. The van der Waals surface area contributed by atoms with Gasteiger partial charge in [0.25, 0.3) is 0 Å². The Kier molecular flexibility index (Phi) is 8.62. The molecule has 18 heteroatoms. The molecular weight excluding hydrogens is 831 g/mol. The van der Waals surface area contributed by atoms with E-state index in [0.717, 1.165) is 88.0 Å². The summed E-state index contributed by atoms with van der Waals surface area (Å²) in [6.45, 7) is 0.704. The Morgan fingerprint density at radius 2 is 1.73 bits per heavy atom. The lowest BCUT2D eigenvalue weighted by atomic mass is 10.00. The molecule has 14 nitrogen and oxygen atoms in total. The molecule has 11 aromatic rings. The van der Waals surface area contributed by atoms with Crippen molar-refractivity contribution in [1.82, 2.24) is 58.9 Å². The van der Waals surface area contributed by atoms with Crippen LogP contribution < -0.4 is 5.32 Å². The first-order chi connectivity index (χ1) is 29.5. The van der Waals surface area contributed by atoms with Gasteiger partial charge in [-0.15, -0.1) is 46.2 Å². The summed E-state index contributed by atoms with van der Waals surface area (Å²) in [6.07, 6.45) is 19.0. The van der Waals surface area contributed by atoms with Crippen LogP contribution in [-0.4, -0.2) is 83.6 Å². The maximum Gasteiger partial charge on any atom is 0.233 e. The van der Waals surface area contributed by atoms with Crippen LogP contribution in [0.1, 0.15) is 19.3 Å². The largest absolute Gasteiger partial charge is 0.384 e. The van der Waals surface area contributed by atoms with Crippen molar-refractivity contribution in [3.8, 4) is 33.6 Å². The van der Waals surface area contributed by atoms with Crippen LogP contribution in [0, 0.1) is 0 Å². The lowest BCUT2D eigenvalue weighted by Gasteiger charge is -2.23. The molecule has 60 heavy (non-hydrogen) atoms. The quantitative estimate of drug-likeness (QED) is 0.110. The van der Waals surface area contributed by atoms with Gasteiger partial charge < -0.3 is 10.1 Å². The SMILES string of the molecule is COCCSc1sc2nc(-c3cnc4nccn4c3)cc3c2c1Nc1nn(C)cc1-3.c1cnc2cc(-c3cc4c5c(n3)sc(SC3CCC3)c5[nH]n3nccc43)cnc2c1. The van der Waals surface area contributed by atoms with Crippen molar-refractivity contribution < 1.29 is 4.74 Å². The van der Waals surface area contributed by atoms with Gasteiger partial charge in [-0.2, -0.15) is 14.8 Å². The molecular formula is C42H33N13OS4. The minimum absolute atomic E-state index is 0.676. The molecule has 0 radical (unpaired) electrons. The number of aryl methyl sites for hydroxylation is 1. The summed E-state index contributed by atoms with van der Waals surface area (Å²) in [5.74, 6) is 2.44. The number of methoxy groups -OCH3 is 1. The normalized spacial score (nSPS) is 13.7. The molecule has 12 heterocycles. The molecule has 0 saturated heterocycles. The monoisotopic (exact) mass is 863 g/mol. The smallest absolute Gasteiger partial charge is 0.233 e. The Morgan fingerprint density at radius 1 is 0.867 bits per heavy atom. The van der Waals surface area contributed by atoms with Crippen LogP contribution in [0.5, 0.6) is 0 Å². The summed E-state index contributed by atoms with van der Waals surface area (Å²) in [5, 5.41) is 20.4. The molecule has 0 spiro atoms. The molecule has 0 atom stereocenters. The third-order valence-electron chi connectivity index (χ3n) is 10.9. The average molecular weight is 864 g/mol. The zero-order valence-electron chi connectivity index (χ0n) is 32.2. The second-order valence-electron chi connectivity index (χ2n) is 14.7. The number of hydrogen-bond acceptors (Lipinski definition) is 14. The van der Waals surface area contributed by atoms with E-state index in [1.165, 1.54) is 38.5 Å². The molecule has 1 aliphatic heterocycles. The van der Waals surface area contributed by atoms with Crippen LogP contribution in [0.15, 0.2) is 94.4 Å². The van der Waals surface area contributed by atoms with Crippen LogP contribution in [0.25, 0.3) is 87.3 Å². The molecule has 0 bridgehead atoms. The predicted octanol–water partition coefficient (Wildman–Crippen LogP) is 9.88. The summed E-state index contributed by atoms with van der Waals surface area (Å²) < 4.78 is 13.4. The van der Waals surface area contributed by atoms with Crippen LogP contribution in [0.4, 0.5) is 11.5 Å². The van der Waals surface area contributed by atoms with Gasteiger partial charge in [0.15, 0.2) is 5.82 Å². The molecule has 1 aliphatic carbocycles. The van der Waals surface area contributed by atoms with Gasteiger partial charge in [0.2, 0.25) is 5.78 Å². The Bertz CT molecular complexity index is 3450. The summed E-state index contributed by atoms with van der Waals surface area (Å²) >= 11 is 7.25. The standard InChI is InChI=1S/C22H16N6S2.C20H17N7OS2/c1-3-13(4-1)29-22-20-19-14(18-6-8-25-28(18)27-20)10-16(26-21(19)30-22)12-9-17-15(24-11-12)5-2-7-23-17;1-26-10-13-12-7-14(11-8-22-20-21-3-4-27(20)9-11)23-18-15(12)16(24-17(13)25-26)19(30-18)29-6-5-28-2/h2,5-11,13,27H,1,3-4H2;3-4,7-10H,5-6H2,1-2H3,(H,24,25). The van der Waals surface area contributed by atoms with E-state index in [2.05, 4.69) is 64.9 Å². The van der Waals surface area contributed by atoms with Crippen molar-refractivity contribution in [2.24, 2.45) is 7.05 Å². The second kappa shape index (κ2) is 14.4. The molecule has 13 rings (SSSR count). The zero-order chi connectivity index (χ0) is 39.9. The predicted molar refractivity (Wildman–Crippen MR) is 242 cm³/mol. The topological polar surface area (TPSA) is 154 Å². The number of thioether (sulfide) groups is 2. The zero-order valence-corrected chi connectivity index (χ0v) is 35.4. The highest BCUT2D eigenvalue weighted by molar-refractivity contribution is 8.02. The summed E-state index contributed by atoms with van der Waals surface area (Å²) in [6, 6.07) is 12.3. The molecule has 296 valence electrons. The van der Waals surface area contributed by atoms with E-state index in [9.17, 15) is 0 Å². The number of H-pyrrole nitrogens is 1. The molecule has 1 fully saturated rings. The van der Waals surface area contributed by atoms with Crippen molar-refractivity contribution in [3.05, 3.63) is 86.0 Å². The molecule has 1 saturated carbocycles. The third kappa shape index (κ3) is 6.03. The van der Waals surface area contributed by atoms with E-state index in [1.54, 1.807) is 53.9 Å². The molecule has 0 aromatic carbocycles. The minimum atomic E-state index is 0.676. The van der Waals surface area contributed by atoms with Crippen molar-refractivity contribution >= 4 is 111 Å². The Labute approximate surface area is 357 Å². The van der Waals surface area contributed by atoms with Crippen molar-refractivity contribution in [2.75, 3.05) is 24.8 Å². The van der Waals surface area contributed by atoms with Gasteiger partial charge >= 0.3 is 0 Å². The van der Waals surface area contributed by atoms with E-state index in [4.69, 9.17) is 14.7 Å². The van der Waals surface area contributed by atoms with Crippen LogP contribution in [-0.2, 0) is 11.8 Å². The number of imidazole rings is 1. The molecule has 0 amide bonds. The Balaban J connectivity index is 0.000000129. The first-order valence-electron chi connectivity index (χ1n) is 19.4. The van der Waals surface area contributed by atoms with E-state index < -0.39 is 0 Å². The van der Waals surface area contributed by atoms with Crippen LogP contribution >= 0.6 is 46.2 Å². The number of thiophene rings is 2. The molecule has 2 N–H and O–H groups in total. The van der Waals surface area contributed by atoms with E-state index in [-0.39, 0.29) is 0 Å². The average Bonchev–Trinajstić information content (AvgIpc) is 4.11. The van der Waals surface area contributed by atoms with Gasteiger partial charge in [-0.1, -0.05) is 6.42 Å². The number of rotatable bonds is 8. The van der Waals surface area contributed by atoms with Gasteiger partial charge in [0.1, 0.15) is 9.66 Å². The number of ether oxygens (including phenoxy) is 1. The lowest BCUT2D eigenvalue weighted by Crippen LogP contribution is -2.12. The van der Waals surface area contributed by atoms with E-state index >= 15 is 0 Å². The van der Waals surface area contributed by atoms with Gasteiger partial charge in [-0.3, -0.25) is 24.1 Å². The van der Waals surface area contributed by atoms with Crippen molar-refractivity contribution in [2.45, 2.75) is 32.9 Å². The fourth-order valence-corrected chi connectivity index (χ4v) is 13.0. The van der Waals surface area contributed by atoms with Gasteiger partial charge in [-0.05, 0) is 49.2 Å². The number of fused-ring (bicyclic) bond motifs is 6. The highest BCUT2D eigenvalue weighted by Crippen LogP contribution is 2.52. The number of aromatic nitrogens is 12. The fraction of sp³-hybridized carbons (Fsp3) is 0.190. The molecule has 11 aromatic heterocycles. The molecule has 0 unspecified atom stereocenters. The summed E-state index contributed by atoms with van der Waals surface area (Å²) in [4.78, 5) is 29.9. The minimum Gasteiger partial charge on any atom is -0.384 e. The van der Waals surface area contributed by atoms with Gasteiger partial charge in [-0.25, -0.2) is 19.9 Å². The number of nitrogens with zero attached hydrogens (tertiary/aromatic N) is 11. The van der Waals surface area contributed by atoms with Crippen LogP contribution in [0.2, 0.25) is 0 Å². The summed E-state index contributed by atoms with van der Waals surface area (Å²) in [7, 11) is 3.67. The highest BCUT2D eigenvalue weighted by Gasteiger charge is 2.28. The summed E-state index contributed by atoms with van der Waals surface area (Å²) in [5.41, 5.74) is 11.0. The number of aromatic amines is 1. The maximum atomic E-state index is 5.23. The first kappa shape index (κ1) is 36.0. The Hall–Kier alpha value is -5.92. The number of hydrogen-bond donors (Lipinski definition) is 2. The highest BCUT2D eigenvalue weighted by atomic mass is 32.2. The number of nitrogens with one attached hydrogen (secondary N) is 2. The number of anilines is 2. The van der Waals surface area contributed by atoms with E-state index in [0.29, 0.717) is 17.6 Å². The first-order valence-corrected chi connectivity index (χ1v) is 22.9. The van der Waals surface area contributed by atoms with Crippen molar-refractivity contribution in [3.63, 3.8) is 0 Å². The van der Waals surface area contributed by atoms with Gasteiger partial charge in [0, 0.05) is 107 Å². The third-order valence-corrected chi connectivity index (χ3v) is 15.9. The maximum absolute atomic E-state index is 5.23. The second-order valence-corrected chi connectivity index (χ2v) is 19.6. The van der Waals surface area contributed by atoms with Crippen LogP contribution in [0.3, 0.4) is 0 Å².